The van der Waals surface area contributed by atoms with Gasteiger partial charge in [0.1, 0.15) is 10.7 Å². The molecule has 0 saturated carbocycles. The Hall–Kier alpha value is -1.92. The summed E-state index contributed by atoms with van der Waals surface area (Å²) in [5.74, 6) is 0.633. The van der Waals surface area contributed by atoms with Crippen molar-refractivity contribution in [2.45, 2.75) is 31.6 Å². The number of hydrogen-bond donors (Lipinski definition) is 1. The minimum atomic E-state index is -3.40. The molecule has 6 heteroatoms. The summed E-state index contributed by atoms with van der Waals surface area (Å²) in [6.07, 6.45) is 3.29. The van der Waals surface area contributed by atoms with Gasteiger partial charge in [0.15, 0.2) is 0 Å². The van der Waals surface area contributed by atoms with Crippen LogP contribution >= 0.6 is 0 Å². The van der Waals surface area contributed by atoms with E-state index in [0.29, 0.717) is 18.9 Å². The van der Waals surface area contributed by atoms with Gasteiger partial charge in [0.25, 0.3) is 0 Å². The highest BCUT2D eigenvalue weighted by Crippen LogP contribution is 2.22. The molecule has 1 aliphatic rings. The Labute approximate surface area is 137 Å². The van der Waals surface area contributed by atoms with Gasteiger partial charge in [-0.2, -0.15) is 4.31 Å². The highest BCUT2D eigenvalue weighted by Gasteiger charge is 2.27. The van der Waals surface area contributed by atoms with E-state index < -0.39 is 10.0 Å². The number of nitrogens with zero attached hydrogens (tertiary/aromatic N) is 2. The van der Waals surface area contributed by atoms with Crippen LogP contribution < -0.4 is 5.32 Å². The zero-order valence-electron chi connectivity index (χ0n) is 13.4. The minimum absolute atomic E-state index is 0.255. The van der Waals surface area contributed by atoms with E-state index >= 15 is 0 Å². The Morgan fingerprint density at radius 2 is 1.78 bits per heavy atom. The zero-order chi connectivity index (χ0) is 16.4. The molecule has 5 nitrogen and oxygen atoms in total. The summed E-state index contributed by atoms with van der Waals surface area (Å²) in [6, 6.07) is 9.40. The van der Waals surface area contributed by atoms with Crippen molar-refractivity contribution in [1.82, 2.24) is 9.29 Å². The fraction of sp³-hybridized carbons (Fsp3) is 0.353. The van der Waals surface area contributed by atoms with Crippen molar-refractivity contribution in [3.05, 3.63) is 47.7 Å². The van der Waals surface area contributed by atoms with E-state index in [1.807, 2.05) is 18.2 Å². The third-order valence-electron chi connectivity index (χ3n) is 4.22. The largest absolute Gasteiger partial charge is 0.340 e. The van der Waals surface area contributed by atoms with Gasteiger partial charge in [-0.05, 0) is 62.1 Å². The number of aromatic nitrogens is 1. The smallest absolute Gasteiger partial charge is 0.244 e. The number of pyridine rings is 1. The molecule has 0 atom stereocenters. The Morgan fingerprint density at radius 3 is 2.39 bits per heavy atom. The van der Waals surface area contributed by atoms with Crippen LogP contribution in [0.2, 0.25) is 0 Å². The first kappa shape index (κ1) is 16.0. The van der Waals surface area contributed by atoms with Crippen molar-refractivity contribution >= 4 is 21.5 Å². The van der Waals surface area contributed by atoms with Gasteiger partial charge in [-0.15, -0.1) is 0 Å². The van der Waals surface area contributed by atoms with Crippen molar-refractivity contribution < 1.29 is 8.42 Å². The molecular weight excluding hydrogens is 310 g/mol. The summed E-state index contributed by atoms with van der Waals surface area (Å²) in [5.41, 5.74) is 3.37. The molecule has 1 N–H and O–H groups in total. The first-order valence-electron chi connectivity index (χ1n) is 7.77. The maximum atomic E-state index is 12.5. The second-order valence-corrected chi connectivity index (χ2v) is 7.85. The van der Waals surface area contributed by atoms with Crippen LogP contribution in [0.15, 0.2) is 41.4 Å². The van der Waals surface area contributed by atoms with E-state index in [-0.39, 0.29) is 4.90 Å². The zero-order valence-corrected chi connectivity index (χ0v) is 14.2. The number of hydrogen-bond acceptors (Lipinski definition) is 4. The topological polar surface area (TPSA) is 62.3 Å². The van der Waals surface area contributed by atoms with Crippen LogP contribution in [0.25, 0.3) is 0 Å². The second kappa shape index (κ2) is 6.29. The third kappa shape index (κ3) is 3.38. The van der Waals surface area contributed by atoms with Crippen LogP contribution in [0.1, 0.15) is 24.0 Å². The van der Waals surface area contributed by atoms with Crippen LogP contribution in [-0.4, -0.2) is 30.8 Å². The molecule has 1 aromatic heterocycles. The molecule has 1 fully saturated rings. The molecule has 23 heavy (non-hydrogen) atoms. The van der Waals surface area contributed by atoms with E-state index in [9.17, 15) is 8.42 Å². The molecule has 1 saturated heterocycles. The van der Waals surface area contributed by atoms with Gasteiger partial charge >= 0.3 is 0 Å². The summed E-state index contributed by atoms with van der Waals surface area (Å²) in [7, 11) is -3.40. The number of aryl methyl sites for hydroxylation is 2. The molecule has 2 aromatic rings. The van der Waals surface area contributed by atoms with Gasteiger partial charge < -0.3 is 5.32 Å². The molecule has 0 unspecified atom stereocenters. The molecule has 0 amide bonds. The highest BCUT2D eigenvalue weighted by molar-refractivity contribution is 7.89. The van der Waals surface area contributed by atoms with Gasteiger partial charge in [0.05, 0.1) is 0 Å². The Balaban J connectivity index is 1.77. The van der Waals surface area contributed by atoms with Gasteiger partial charge in [0.2, 0.25) is 10.0 Å². The summed E-state index contributed by atoms with van der Waals surface area (Å²) in [6.45, 7) is 5.32. The quantitative estimate of drug-likeness (QED) is 0.934. The monoisotopic (exact) mass is 331 g/mol. The lowest BCUT2D eigenvalue weighted by Gasteiger charge is -2.15. The summed E-state index contributed by atoms with van der Waals surface area (Å²) < 4.78 is 26.4. The SMILES string of the molecule is Cc1ccc(Nc2ccc(S(=O)(=O)N3CCCC3)cn2)cc1C. The van der Waals surface area contributed by atoms with E-state index in [0.717, 1.165) is 18.5 Å². The highest BCUT2D eigenvalue weighted by atomic mass is 32.2. The van der Waals surface area contributed by atoms with E-state index in [1.165, 1.54) is 21.6 Å². The predicted molar refractivity (Wildman–Crippen MR) is 91.4 cm³/mol. The lowest BCUT2D eigenvalue weighted by Crippen LogP contribution is -2.27. The Kier molecular flexibility index (Phi) is 4.37. The van der Waals surface area contributed by atoms with E-state index in [1.54, 1.807) is 12.1 Å². The lowest BCUT2D eigenvalue weighted by atomic mass is 10.1. The molecule has 0 radical (unpaired) electrons. The average Bonchev–Trinajstić information content (AvgIpc) is 3.07. The molecule has 1 aromatic carbocycles. The van der Waals surface area contributed by atoms with Crippen LogP contribution in [0, 0.1) is 13.8 Å². The summed E-state index contributed by atoms with van der Waals surface area (Å²) >= 11 is 0. The van der Waals surface area contributed by atoms with Crippen molar-refractivity contribution in [1.29, 1.82) is 0 Å². The van der Waals surface area contributed by atoms with Gasteiger partial charge in [0, 0.05) is 25.0 Å². The molecule has 0 spiro atoms. The van der Waals surface area contributed by atoms with Crippen molar-refractivity contribution in [3.63, 3.8) is 0 Å². The van der Waals surface area contributed by atoms with Gasteiger partial charge in [-0.1, -0.05) is 6.07 Å². The maximum Gasteiger partial charge on any atom is 0.244 e. The number of nitrogens with one attached hydrogen (secondary N) is 1. The molecule has 0 bridgehead atoms. The number of benzene rings is 1. The fourth-order valence-corrected chi connectivity index (χ4v) is 4.11. The second-order valence-electron chi connectivity index (χ2n) is 5.91. The molecule has 3 rings (SSSR count). The van der Waals surface area contributed by atoms with Crippen LogP contribution in [0.4, 0.5) is 11.5 Å². The van der Waals surface area contributed by atoms with E-state index in [4.69, 9.17) is 0 Å². The van der Waals surface area contributed by atoms with Crippen molar-refractivity contribution in [3.8, 4) is 0 Å². The number of anilines is 2. The van der Waals surface area contributed by atoms with Crippen molar-refractivity contribution in [2.24, 2.45) is 0 Å². The lowest BCUT2D eigenvalue weighted by molar-refractivity contribution is 0.477. The average molecular weight is 331 g/mol. The fourth-order valence-electron chi connectivity index (χ4n) is 2.65. The predicted octanol–water partition coefficient (Wildman–Crippen LogP) is 3.23. The van der Waals surface area contributed by atoms with Gasteiger partial charge in [-0.25, -0.2) is 13.4 Å². The third-order valence-corrected chi connectivity index (χ3v) is 6.10. The summed E-state index contributed by atoms with van der Waals surface area (Å²) in [4.78, 5) is 4.50. The van der Waals surface area contributed by atoms with Crippen LogP contribution in [0.3, 0.4) is 0 Å². The number of sulfonamides is 1. The molecular formula is C17H21N3O2S. The molecule has 1 aliphatic heterocycles. The first-order chi connectivity index (χ1) is 11.0. The van der Waals surface area contributed by atoms with Crippen LogP contribution in [0.5, 0.6) is 0 Å². The van der Waals surface area contributed by atoms with Crippen LogP contribution in [-0.2, 0) is 10.0 Å². The van der Waals surface area contributed by atoms with Gasteiger partial charge in [-0.3, -0.25) is 0 Å². The Bertz CT molecular complexity index is 795. The molecule has 0 aliphatic carbocycles. The minimum Gasteiger partial charge on any atom is -0.340 e. The van der Waals surface area contributed by atoms with Crippen molar-refractivity contribution in [2.75, 3.05) is 18.4 Å². The molecule has 122 valence electrons. The number of rotatable bonds is 4. The normalized spacial score (nSPS) is 15.7. The summed E-state index contributed by atoms with van der Waals surface area (Å²) in [5, 5.41) is 3.20. The maximum absolute atomic E-state index is 12.5. The first-order valence-corrected chi connectivity index (χ1v) is 9.21. The Morgan fingerprint density at radius 1 is 1.04 bits per heavy atom. The standard InChI is InChI=1S/C17H21N3O2S/c1-13-5-6-15(11-14(13)2)19-17-8-7-16(12-18-17)23(21,22)20-9-3-4-10-20/h5-8,11-12H,3-4,9-10H2,1-2H3,(H,18,19). The van der Waals surface area contributed by atoms with E-state index in [2.05, 4.69) is 24.1 Å². The molecule has 2 heterocycles.